The lowest BCUT2D eigenvalue weighted by Gasteiger charge is -2.23. The molecule has 1 amide bonds. The summed E-state index contributed by atoms with van der Waals surface area (Å²) in [5.41, 5.74) is -4.19. The molecule has 0 aliphatic carbocycles. The summed E-state index contributed by atoms with van der Waals surface area (Å²) in [5.74, 6) is -0.391. The van der Waals surface area contributed by atoms with Gasteiger partial charge in [-0.25, -0.2) is 0 Å². The third-order valence-electron chi connectivity index (χ3n) is 3.61. The predicted octanol–water partition coefficient (Wildman–Crippen LogP) is 4.01. The van der Waals surface area contributed by atoms with Crippen LogP contribution in [-0.2, 0) is 0 Å². The van der Waals surface area contributed by atoms with Crippen molar-refractivity contribution in [1.82, 2.24) is 9.80 Å². The van der Waals surface area contributed by atoms with Crippen LogP contribution in [0.4, 0.5) is 26.3 Å². The van der Waals surface area contributed by atoms with Gasteiger partial charge in [0.2, 0.25) is 0 Å². The number of benzene rings is 1. The van der Waals surface area contributed by atoms with Crippen LogP contribution in [0.15, 0.2) is 29.2 Å². The molecule has 0 unspecified atom stereocenters. The van der Waals surface area contributed by atoms with Crippen LogP contribution in [0.25, 0.3) is 0 Å². The summed E-state index contributed by atoms with van der Waals surface area (Å²) in [4.78, 5) is 15.0. The average molecular weight is 386 g/mol. The van der Waals surface area contributed by atoms with Gasteiger partial charge in [-0.2, -0.15) is 26.3 Å². The Morgan fingerprint density at radius 3 is 2.16 bits per heavy atom. The van der Waals surface area contributed by atoms with Crippen LogP contribution in [-0.4, -0.2) is 60.1 Å². The Balaban J connectivity index is 1.96. The highest BCUT2D eigenvalue weighted by Crippen LogP contribution is 2.36. The van der Waals surface area contributed by atoms with Crippen molar-refractivity contribution in [3.8, 4) is 0 Å². The Hall–Kier alpha value is -1.42. The van der Waals surface area contributed by atoms with Crippen LogP contribution in [0.1, 0.15) is 16.8 Å². The van der Waals surface area contributed by atoms with Gasteiger partial charge in [0.25, 0.3) is 5.91 Å². The number of halogens is 6. The SMILES string of the molecule is O=C(c1ccc(SC(F)(F)F)cc1)N1CCCN(CC(F)(F)F)CC1. The third kappa shape index (κ3) is 6.77. The number of thioether (sulfide) groups is 1. The molecule has 140 valence electrons. The highest BCUT2D eigenvalue weighted by atomic mass is 32.2. The molecule has 0 aromatic heterocycles. The van der Waals surface area contributed by atoms with E-state index < -0.39 is 24.1 Å². The highest BCUT2D eigenvalue weighted by Gasteiger charge is 2.32. The minimum Gasteiger partial charge on any atom is -0.337 e. The second-order valence-corrected chi connectivity index (χ2v) is 6.75. The fraction of sp³-hybridized carbons (Fsp3) is 0.533. The maximum Gasteiger partial charge on any atom is 0.446 e. The summed E-state index contributed by atoms with van der Waals surface area (Å²) in [6, 6.07) is 5.02. The molecule has 0 saturated carbocycles. The number of hydrogen-bond donors (Lipinski definition) is 0. The van der Waals surface area contributed by atoms with E-state index in [9.17, 15) is 31.1 Å². The lowest BCUT2D eigenvalue weighted by atomic mass is 10.2. The molecule has 1 heterocycles. The summed E-state index contributed by atoms with van der Waals surface area (Å²) < 4.78 is 74.2. The summed E-state index contributed by atoms with van der Waals surface area (Å²) >= 11 is -0.272. The van der Waals surface area contributed by atoms with Crippen molar-refractivity contribution < 1.29 is 31.1 Å². The van der Waals surface area contributed by atoms with Crippen molar-refractivity contribution in [3.05, 3.63) is 29.8 Å². The minimum absolute atomic E-state index is 0.0312. The third-order valence-corrected chi connectivity index (χ3v) is 4.35. The molecular formula is C15H16F6N2OS. The molecule has 1 aromatic rings. The van der Waals surface area contributed by atoms with Crippen LogP contribution in [0.3, 0.4) is 0 Å². The van der Waals surface area contributed by atoms with Gasteiger partial charge in [0.1, 0.15) is 0 Å². The molecule has 3 nitrogen and oxygen atoms in total. The van der Waals surface area contributed by atoms with Crippen LogP contribution in [0, 0.1) is 0 Å². The fourth-order valence-corrected chi connectivity index (χ4v) is 3.11. The van der Waals surface area contributed by atoms with E-state index in [1.165, 1.54) is 34.1 Å². The number of hydrogen-bond acceptors (Lipinski definition) is 3. The molecule has 2 rings (SSSR count). The van der Waals surface area contributed by atoms with Crippen molar-refractivity contribution in [2.75, 3.05) is 32.7 Å². The van der Waals surface area contributed by atoms with Gasteiger partial charge >= 0.3 is 11.7 Å². The van der Waals surface area contributed by atoms with Gasteiger partial charge < -0.3 is 4.90 Å². The summed E-state index contributed by atoms with van der Waals surface area (Å²) in [6.07, 6.45) is -3.88. The van der Waals surface area contributed by atoms with Crippen LogP contribution in [0.2, 0.25) is 0 Å². The van der Waals surface area contributed by atoms with Crippen molar-refractivity contribution in [1.29, 1.82) is 0 Å². The lowest BCUT2D eigenvalue weighted by molar-refractivity contribution is -0.145. The lowest BCUT2D eigenvalue weighted by Crippen LogP contribution is -2.38. The van der Waals surface area contributed by atoms with Gasteiger partial charge in [-0.05, 0) is 42.4 Å². The van der Waals surface area contributed by atoms with Gasteiger partial charge in [-0.3, -0.25) is 9.69 Å². The van der Waals surface area contributed by atoms with E-state index >= 15 is 0 Å². The molecule has 1 saturated heterocycles. The monoisotopic (exact) mass is 386 g/mol. The predicted molar refractivity (Wildman–Crippen MR) is 81.4 cm³/mol. The molecule has 0 radical (unpaired) electrons. The zero-order valence-electron chi connectivity index (χ0n) is 13.0. The first-order chi connectivity index (χ1) is 11.5. The molecule has 1 fully saturated rings. The number of nitrogens with zero attached hydrogens (tertiary/aromatic N) is 2. The molecule has 0 bridgehead atoms. The Kier molecular flexibility index (Phi) is 6.26. The van der Waals surface area contributed by atoms with Crippen molar-refractivity contribution in [2.24, 2.45) is 0 Å². The largest absolute Gasteiger partial charge is 0.446 e. The van der Waals surface area contributed by atoms with E-state index in [-0.39, 0.29) is 41.9 Å². The van der Waals surface area contributed by atoms with E-state index in [4.69, 9.17) is 0 Å². The highest BCUT2D eigenvalue weighted by molar-refractivity contribution is 8.00. The second kappa shape index (κ2) is 7.86. The fourth-order valence-electron chi connectivity index (χ4n) is 2.57. The average Bonchev–Trinajstić information content (AvgIpc) is 2.69. The number of carbonyl (C=O) groups excluding carboxylic acids is 1. The van der Waals surface area contributed by atoms with Crippen LogP contribution >= 0.6 is 11.8 Å². The first kappa shape index (κ1) is 19.9. The number of amides is 1. The van der Waals surface area contributed by atoms with Gasteiger partial charge in [-0.1, -0.05) is 0 Å². The van der Waals surface area contributed by atoms with Crippen molar-refractivity contribution in [2.45, 2.75) is 23.0 Å². The summed E-state index contributed by atoms with van der Waals surface area (Å²) in [5, 5.41) is 0. The Morgan fingerprint density at radius 1 is 0.960 bits per heavy atom. The quantitative estimate of drug-likeness (QED) is 0.579. The van der Waals surface area contributed by atoms with E-state index in [0.717, 1.165) is 0 Å². The molecule has 10 heteroatoms. The molecule has 25 heavy (non-hydrogen) atoms. The van der Waals surface area contributed by atoms with E-state index in [1.54, 1.807) is 0 Å². The van der Waals surface area contributed by atoms with E-state index in [0.29, 0.717) is 13.0 Å². The topological polar surface area (TPSA) is 23.6 Å². The summed E-state index contributed by atoms with van der Waals surface area (Å²) in [7, 11) is 0. The van der Waals surface area contributed by atoms with Crippen molar-refractivity contribution >= 4 is 17.7 Å². The van der Waals surface area contributed by atoms with Gasteiger partial charge in [0.05, 0.1) is 6.54 Å². The van der Waals surface area contributed by atoms with Gasteiger partial charge in [-0.15, -0.1) is 0 Å². The number of carbonyl (C=O) groups is 1. The minimum atomic E-state index is -4.40. The Morgan fingerprint density at radius 2 is 1.60 bits per heavy atom. The number of rotatable bonds is 3. The van der Waals surface area contributed by atoms with Gasteiger partial charge in [0.15, 0.2) is 0 Å². The van der Waals surface area contributed by atoms with E-state index in [2.05, 4.69) is 0 Å². The molecule has 0 atom stereocenters. The van der Waals surface area contributed by atoms with E-state index in [1.807, 2.05) is 0 Å². The number of alkyl halides is 6. The zero-order chi connectivity index (χ0) is 18.7. The smallest absolute Gasteiger partial charge is 0.337 e. The standard InChI is InChI=1S/C15H16F6N2OS/c16-14(17,18)10-22-6-1-7-23(9-8-22)13(24)11-2-4-12(5-3-11)25-15(19,20)21/h2-5H,1,6-10H2. The first-order valence-electron chi connectivity index (χ1n) is 7.48. The maximum atomic E-state index is 12.4. The van der Waals surface area contributed by atoms with Crippen molar-refractivity contribution in [3.63, 3.8) is 0 Å². The van der Waals surface area contributed by atoms with Gasteiger partial charge in [0, 0.05) is 36.6 Å². The zero-order valence-corrected chi connectivity index (χ0v) is 13.8. The second-order valence-electron chi connectivity index (χ2n) is 5.61. The molecule has 0 N–H and O–H groups in total. The molecule has 1 aliphatic rings. The molecule has 1 aliphatic heterocycles. The molecular weight excluding hydrogens is 370 g/mol. The Labute approximate surface area is 145 Å². The first-order valence-corrected chi connectivity index (χ1v) is 8.29. The Bertz CT molecular complexity index is 587. The van der Waals surface area contributed by atoms with Crippen LogP contribution < -0.4 is 0 Å². The molecule has 0 spiro atoms. The summed E-state index contributed by atoms with van der Waals surface area (Å²) in [6.45, 7) is -0.212. The maximum absolute atomic E-state index is 12.4. The van der Waals surface area contributed by atoms with Crippen LogP contribution in [0.5, 0.6) is 0 Å². The molecule has 1 aromatic carbocycles. The normalized spacial score (nSPS) is 17.4.